The zero-order chi connectivity index (χ0) is 22.0. The number of nitrogens with one attached hydrogen (secondary N) is 1. The van der Waals surface area contributed by atoms with Crippen LogP contribution in [0.2, 0.25) is 0 Å². The fourth-order valence-corrected chi connectivity index (χ4v) is 4.73. The molecule has 1 fully saturated rings. The number of nitrogens with zero attached hydrogens (tertiary/aromatic N) is 4. The van der Waals surface area contributed by atoms with E-state index in [4.69, 9.17) is 0 Å². The van der Waals surface area contributed by atoms with Gasteiger partial charge < -0.3 is 15.1 Å². The van der Waals surface area contributed by atoms with E-state index in [-0.39, 0.29) is 11.8 Å². The Morgan fingerprint density at radius 1 is 1.13 bits per heavy atom. The van der Waals surface area contributed by atoms with E-state index in [2.05, 4.69) is 72.1 Å². The van der Waals surface area contributed by atoms with Crippen LogP contribution in [0.25, 0.3) is 0 Å². The van der Waals surface area contributed by atoms with Gasteiger partial charge in [-0.05, 0) is 31.2 Å². The van der Waals surface area contributed by atoms with Gasteiger partial charge in [-0.15, -0.1) is 0 Å². The number of amides is 1. The smallest absolute Gasteiger partial charge is 0.231 e. The highest BCUT2D eigenvalue weighted by Gasteiger charge is 2.32. The summed E-state index contributed by atoms with van der Waals surface area (Å²) in [4.78, 5) is 27.0. The molecule has 2 atom stereocenters. The Labute approximate surface area is 186 Å². The van der Waals surface area contributed by atoms with E-state index in [9.17, 15) is 4.79 Å². The van der Waals surface area contributed by atoms with Crippen LogP contribution < -0.4 is 10.2 Å². The molecule has 1 aromatic heterocycles. The van der Waals surface area contributed by atoms with Crippen molar-refractivity contribution in [1.82, 2.24) is 20.2 Å². The maximum atomic E-state index is 13.5. The normalized spacial score (nSPS) is 19.6. The van der Waals surface area contributed by atoms with Gasteiger partial charge in [0.1, 0.15) is 12.1 Å². The highest BCUT2D eigenvalue weighted by Crippen LogP contribution is 2.37. The summed E-state index contributed by atoms with van der Waals surface area (Å²) in [5, 5.41) is 3.47. The number of fused-ring (bicyclic) bond motifs is 1. The largest absolute Gasteiger partial charge is 0.353 e. The molecule has 6 heteroatoms. The topological polar surface area (TPSA) is 61.4 Å². The van der Waals surface area contributed by atoms with Crippen molar-refractivity contribution in [3.8, 4) is 0 Å². The van der Waals surface area contributed by atoms with Crippen LogP contribution in [0, 0.1) is 6.92 Å². The van der Waals surface area contributed by atoms with Gasteiger partial charge in [0.2, 0.25) is 5.91 Å². The third kappa shape index (κ3) is 4.74. The SMILES string of the molecule is Cc1ccc([C@@H](CNC(C)C)C(=O)N2CCN(c3ncnc4c3[C@H](C)CC4)CC2)cc1. The van der Waals surface area contributed by atoms with E-state index < -0.39 is 0 Å². The number of anilines is 1. The molecule has 2 aliphatic rings. The lowest BCUT2D eigenvalue weighted by Gasteiger charge is -2.38. The van der Waals surface area contributed by atoms with Gasteiger partial charge in [0, 0.05) is 50.0 Å². The molecular formula is C25H35N5O. The predicted molar refractivity (Wildman–Crippen MR) is 125 cm³/mol. The summed E-state index contributed by atoms with van der Waals surface area (Å²) in [6.07, 6.45) is 3.90. The predicted octanol–water partition coefficient (Wildman–Crippen LogP) is 3.27. The summed E-state index contributed by atoms with van der Waals surface area (Å²) in [7, 11) is 0. The standard InChI is InChI=1S/C25H35N5O/c1-17(2)26-15-21(20-8-5-18(3)6-9-20)25(31)30-13-11-29(12-14-30)24-23-19(4)7-10-22(23)27-16-28-24/h5-6,8-9,16-17,19,21,26H,7,10-15H2,1-4H3/t19-,21-/m1/s1. The van der Waals surface area contributed by atoms with Crippen LogP contribution in [0.1, 0.15) is 61.4 Å². The minimum atomic E-state index is -0.155. The third-order valence-electron chi connectivity index (χ3n) is 6.65. The van der Waals surface area contributed by atoms with Crippen LogP contribution in [-0.2, 0) is 11.2 Å². The van der Waals surface area contributed by atoms with Crippen LogP contribution in [0.15, 0.2) is 30.6 Å². The summed E-state index contributed by atoms with van der Waals surface area (Å²) in [5.41, 5.74) is 4.83. The molecule has 1 N–H and O–H groups in total. The van der Waals surface area contributed by atoms with Gasteiger partial charge in [-0.3, -0.25) is 4.79 Å². The Hall–Kier alpha value is -2.47. The molecule has 31 heavy (non-hydrogen) atoms. The van der Waals surface area contributed by atoms with Crippen LogP contribution in [0.5, 0.6) is 0 Å². The number of hydrogen-bond acceptors (Lipinski definition) is 5. The second kappa shape index (κ2) is 9.35. The van der Waals surface area contributed by atoms with Crippen molar-refractivity contribution >= 4 is 11.7 Å². The monoisotopic (exact) mass is 421 g/mol. The molecule has 1 amide bonds. The number of rotatable bonds is 6. The number of carbonyl (C=O) groups is 1. The lowest BCUT2D eigenvalue weighted by atomic mass is 9.95. The zero-order valence-corrected chi connectivity index (χ0v) is 19.3. The van der Waals surface area contributed by atoms with Crippen molar-refractivity contribution in [1.29, 1.82) is 0 Å². The van der Waals surface area contributed by atoms with Crippen molar-refractivity contribution in [3.05, 3.63) is 53.0 Å². The van der Waals surface area contributed by atoms with Crippen molar-refractivity contribution in [2.45, 2.75) is 58.4 Å². The lowest BCUT2D eigenvalue weighted by molar-refractivity contribution is -0.133. The molecule has 166 valence electrons. The van der Waals surface area contributed by atoms with E-state index >= 15 is 0 Å². The van der Waals surface area contributed by atoms with Crippen molar-refractivity contribution in [3.63, 3.8) is 0 Å². The number of hydrogen-bond donors (Lipinski definition) is 1. The number of aromatic nitrogens is 2. The van der Waals surface area contributed by atoms with Gasteiger partial charge >= 0.3 is 0 Å². The molecule has 1 aliphatic heterocycles. The number of benzene rings is 1. The minimum absolute atomic E-state index is 0.155. The van der Waals surface area contributed by atoms with Gasteiger partial charge in [0.15, 0.2) is 0 Å². The maximum Gasteiger partial charge on any atom is 0.231 e. The Morgan fingerprint density at radius 2 is 1.84 bits per heavy atom. The molecule has 2 aromatic rings. The minimum Gasteiger partial charge on any atom is -0.353 e. The van der Waals surface area contributed by atoms with E-state index in [0.29, 0.717) is 18.5 Å². The molecule has 6 nitrogen and oxygen atoms in total. The average Bonchev–Trinajstić information content (AvgIpc) is 3.16. The first kappa shape index (κ1) is 21.8. The lowest BCUT2D eigenvalue weighted by Crippen LogP contribution is -2.51. The van der Waals surface area contributed by atoms with Gasteiger partial charge in [0.25, 0.3) is 0 Å². The number of aryl methyl sites for hydroxylation is 2. The second-order valence-electron chi connectivity index (χ2n) is 9.34. The summed E-state index contributed by atoms with van der Waals surface area (Å²) >= 11 is 0. The van der Waals surface area contributed by atoms with Crippen LogP contribution >= 0.6 is 0 Å². The molecule has 1 aliphatic carbocycles. The molecule has 1 aromatic carbocycles. The zero-order valence-electron chi connectivity index (χ0n) is 19.3. The van der Waals surface area contributed by atoms with Gasteiger partial charge in [-0.2, -0.15) is 0 Å². The van der Waals surface area contributed by atoms with Gasteiger partial charge in [-0.1, -0.05) is 50.6 Å². The third-order valence-corrected chi connectivity index (χ3v) is 6.65. The summed E-state index contributed by atoms with van der Waals surface area (Å²) in [6, 6.07) is 8.74. The van der Waals surface area contributed by atoms with Gasteiger partial charge in [0.05, 0.1) is 5.92 Å². The van der Waals surface area contributed by atoms with Crippen molar-refractivity contribution in [2.24, 2.45) is 0 Å². The Bertz CT molecular complexity index is 903. The highest BCUT2D eigenvalue weighted by molar-refractivity contribution is 5.84. The Balaban J connectivity index is 1.46. The second-order valence-corrected chi connectivity index (χ2v) is 9.34. The average molecular weight is 422 g/mol. The molecular weight excluding hydrogens is 386 g/mol. The number of piperazine rings is 1. The molecule has 0 spiro atoms. The molecule has 4 rings (SSSR count). The summed E-state index contributed by atoms with van der Waals surface area (Å²) < 4.78 is 0. The van der Waals surface area contributed by atoms with E-state index in [1.807, 2.05) is 4.90 Å². The maximum absolute atomic E-state index is 13.5. The van der Waals surface area contributed by atoms with E-state index in [0.717, 1.165) is 50.4 Å². The van der Waals surface area contributed by atoms with Crippen molar-refractivity contribution < 1.29 is 4.79 Å². The quantitative estimate of drug-likeness (QED) is 0.776. The molecule has 2 heterocycles. The fourth-order valence-electron chi connectivity index (χ4n) is 4.73. The first-order valence-electron chi connectivity index (χ1n) is 11.6. The van der Waals surface area contributed by atoms with E-state index in [1.54, 1.807) is 6.33 Å². The first-order chi connectivity index (χ1) is 14.9. The molecule has 0 radical (unpaired) electrons. The summed E-state index contributed by atoms with van der Waals surface area (Å²) in [6.45, 7) is 12.4. The number of carbonyl (C=O) groups excluding carboxylic acids is 1. The van der Waals surface area contributed by atoms with E-state index in [1.165, 1.54) is 16.8 Å². The van der Waals surface area contributed by atoms with Crippen molar-refractivity contribution in [2.75, 3.05) is 37.6 Å². The Morgan fingerprint density at radius 3 is 2.52 bits per heavy atom. The Kier molecular flexibility index (Phi) is 6.56. The van der Waals surface area contributed by atoms with Crippen LogP contribution in [0.3, 0.4) is 0 Å². The first-order valence-corrected chi connectivity index (χ1v) is 11.6. The molecule has 0 bridgehead atoms. The molecule has 0 unspecified atom stereocenters. The fraction of sp³-hybridized carbons (Fsp3) is 0.560. The summed E-state index contributed by atoms with van der Waals surface area (Å²) in [5.74, 6) is 1.66. The van der Waals surface area contributed by atoms with Gasteiger partial charge in [-0.25, -0.2) is 9.97 Å². The molecule has 1 saturated heterocycles. The van der Waals surface area contributed by atoms with Crippen LogP contribution in [0.4, 0.5) is 5.82 Å². The van der Waals surface area contributed by atoms with Crippen LogP contribution in [-0.4, -0.2) is 59.5 Å². The highest BCUT2D eigenvalue weighted by atomic mass is 16.2. The molecule has 0 saturated carbocycles.